The van der Waals surface area contributed by atoms with Crippen LogP contribution in [0.15, 0.2) is 87.7 Å². The summed E-state index contributed by atoms with van der Waals surface area (Å²) in [5.41, 5.74) is 5.28. The normalized spacial score (nSPS) is 11.3. The molecule has 1 heterocycles. The first kappa shape index (κ1) is 20.5. The Hall–Kier alpha value is -4.20. The zero-order valence-corrected chi connectivity index (χ0v) is 16.2. The summed E-state index contributed by atoms with van der Waals surface area (Å²) >= 11 is 0. The highest BCUT2D eigenvalue weighted by Crippen LogP contribution is 2.12. The molecule has 0 aliphatic rings. The topological polar surface area (TPSA) is 105 Å². The van der Waals surface area contributed by atoms with E-state index in [1.54, 1.807) is 43.3 Å². The van der Waals surface area contributed by atoms with Gasteiger partial charge in [0.15, 0.2) is 12.4 Å². The SMILES string of the molecule is CC(=NNC(=O)CO/N=C/c1ccccc1)c1ccc(NC(=O)c2ccco2)cc1. The maximum absolute atomic E-state index is 12.0. The monoisotopic (exact) mass is 404 g/mol. The van der Waals surface area contributed by atoms with Gasteiger partial charge in [0, 0.05) is 5.69 Å². The Morgan fingerprint density at radius 3 is 2.50 bits per heavy atom. The first-order valence-electron chi connectivity index (χ1n) is 9.10. The van der Waals surface area contributed by atoms with E-state index < -0.39 is 5.91 Å². The van der Waals surface area contributed by atoms with Gasteiger partial charge >= 0.3 is 0 Å². The number of benzene rings is 2. The van der Waals surface area contributed by atoms with E-state index in [9.17, 15) is 9.59 Å². The predicted molar refractivity (Wildman–Crippen MR) is 113 cm³/mol. The van der Waals surface area contributed by atoms with E-state index in [2.05, 4.69) is 21.0 Å². The fraction of sp³-hybridized carbons (Fsp3) is 0.0909. The van der Waals surface area contributed by atoms with Crippen molar-refractivity contribution in [1.29, 1.82) is 0 Å². The maximum atomic E-state index is 12.0. The number of oxime groups is 1. The molecule has 2 N–H and O–H groups in total. The van der Waals surface area contributed by atoms with Gasteiger partial charge in [0.2, 0.25) is 0 Å². The molecule has 1 aromatic heterocycles. The fourth-order valence-corrected chi connectivity index (χ4v) is 2.37. The highest BCUT2D eigenvalue weighted by Gasteiger charge is 2.09. The van der Waals surface area contributed by atoms with Crippen LogP contribution in [0.5, 0.6) is 0 Å². The molecule has 3 aromatic rings. The molecule has 0 fully saturated rings. The number of furan rings is 1. The Balaban J connectivity index is 1.45. The highest BCUT2D eigenvalue weighted by atomic mass is 16.6. The van der Waals surface area contributed by atoms with Crippen molar-refractivity contribution in [1.82, 2.24) is 5.43 Å². The molecular weight excluding hydrogens is 384 g/mol. The third kappa shape index (κ3) is 6.16. The second-order valence-corrected chi connectivity index (χ2v) is 6.16. The van der Waals surface area contributed by atoms with Crippen molar-refractivity contribution < 1.29 is 18.8 Å². The van der Waals surface area contributed by atoms with E-state index in [-0.39, 0.29) is 18.3 Å². The van der Waals surface area contributed by atoms with Crippen LogP contribution in [-0.4, -0.2) is 30.3 Å². The predicted octanol–water partition coefficient (Wildman–Crippen LogP) is 3.42. The van der Waals surface area contributed by atoms with Crippen molar-refractivity contribution in [3.05, 3.63) is 89.9 Å². The summed E-state index contributed by atoms with van der Waals surface area (Å²) in [6.07, 6.45) is 2.96. The first-order valence-corrected chi connectivity index (χ1v) is 9.10. The van der Waals surface area contributed by atoms with E-state index in [0.29, 0.717) is 11.4 Å². The van der Waals surface area contributed by atoms with Crippen LogP contribution in [-0.2, 0) is 9.63 Å². The Bertz CT molecular complexity index is 1030. The average molecular weight is 404 g/mol. The third-order valence-corrected chi connectivity index (χ3v) is 3.93. The van der Waals surface area contributed by atoms with Gasteiger partial charge in [-0.25, -0.2) is 5.43 Å². The molecule has 0 saturated carbocycles. The van der Waals surface area contributed by atoms with Crippen molar-refractivity contribution in [3.8, 4) is 0 Å². The van der Waals surface area contributed by atoms with Gasteiger partial charge in [-0.2, -0.15) is 5.10 Å². The van der Waals surface area contributed by atoms with Gasteiger partial charge in [-0.05, 0) is 42.3 Å². The van der Waals surface area contributed by atoms with Crippen LogP contribution >= 0.6 is 0 Å². The summed E-state index contributed by atoms with van der Waals surface area (Å²) in [5.74, 6) is -0.530. The van der Waals surface area contributed by atoms with E-state index in [0.717, 1.165) is 11.1 Å². The Morgan fingerprint density at radius 2 is 1.80 bits per heavy atom. The van der Waals surface area contributed by atoms with Crippen LogP contribution in [0.4, 0.5) is 5.69 Å². The summed E-state index contributed by atoms with van der Waals surface area (Å²) in [7, 11) is 0. The number of anilines is 1. The standard InChI is InChI=1S/C22H20N4O4/c1-16(25-26-21(27)15-30-23-14-17-6-3-2-4-7-17)18-9-11-19(12-10-18)24-22(28)20-8-5-13-29-20/h2-14H,15H2,1H3,(H,24,28)(H,26,27)/b23-14+,25-16?. The minimum absolute atomic E-state index is 0.231. The number of hydrogen-bond acceptors (Lipinski definition) is 6. The van der Waals surface area contributed by atoms with Gasteiger partial charge in [0.05, 0.1) is 18.2 Å². The lowest BCUT2D eigenvalue weighted by molar-refractivity contribution is -0.125. The summed E-state index contributed by atoms with van der Waals surface area (Å²) in [6, 6.07) is 19.7. The smallest absolute Gasteiger partial charge is 0.291 e. The maximum Gasteiger partial charge on any atom is 0.291 e. The molecule has 2 amide bonds. The molecule has 0 bridgehead atoms. The van der Waals surface area contributed by atoms with Crippen molar-refractivity contribution in [2.45, 2.75) is 6.92 Å². The molecule has 0 aliphatic heterocycles. The van der Waals surface area contributed by atoms with E-state index >= 15 is 0 Å². The molecule has 2 aromatic carbocycles. The summed E-state index contributed by atoms with van der Waals surface area (Å²) in [6.45, 7) is 1.50. The van der Waals surface area contributed by atoms with E-state index in [1.165, 1.54) is 12.5 Å². The number of rotatable bonds is 8. The van der Waals surface area contributed by atoms with Crippen LogP contribution in [0.1, 0.15) is 28.6 Å². The highest BCUT2D eigenvalue weighted by molar-refractivity contribution is 6.03. The zero-order valence-electron chi connectivity index (χ0n) is 16.2. The first-order chi connectivity index (χ1) is 14.6. The molecule has 8 nitrogen and oxygen atoms in total. The largest absolute Gasteiger partial charge is 0.459 e. The van der Waals surface area contributed by atoms with Crippen LogP contribution in [0, 0.1) is 0 Å². The number of hydrogen-bond donors (Lipinski definition) is 2. The third-order valence-electron chi connectivity index (χ3n) is 3.93. The Morgan fingerprint density at radius 1 is 1.03 bits per heavy atom. The molecule has 0 unspecified atom stereocenters. The van der Waals surface area contributed by atoms with Gasteiger partial charge in [-0.3, -0.25) is 9.59 Å². The number of nitrogens with zero attached hydrogens (tertiary/aromatic N) is 2. The number of carbonyl (C=O) groups is 2. The van der Waals surface area contributed by atoms with Crippen molar-refractivity contribution >= 4 is 29.4 Å². The molecular formula is C22H20N4O4. The molecule has 30 heavy (non-hydrogen) atoms. The molecule has 0 spiro atoms. The Kier molecular flexibility index (Phi) is 7.10. The number of nitrogens with one attached hydrogen (secondary N) is 2. The molecule has 0 atom stereocenters. The van der Waals surface area contributed by atoms with Crippen molar-refractivity contribution in [3.63, 3.8) is 0 Å². The second-order valence-electron chi connectivity index (χ2n) is 6.16. The average Bonchev–Trinajstić information content (AvgIpc) is 3.31. The Labute approximate surface area is 173 Å². The quantitative estimate of drug-likeness (QED) is 0.443. The molecule has 152 valence electrons. The minimum Gasteiger partial charge on any atom is -0.459 e. The lowest BCUT2D eigenvalue weighted by Gasteiger charge is -2.06. The number of carbonyl (C=O) groups excluding carboxylic acids is 2. The van der Waals surface area contributed by atoms with Gasteiger partial charge < -0.3 is 14.6 Å². The minimum atomic E-state index is -0.429. The number of amides is 2. The zero-order chi connectivity index (χ0) is 21.2. The van der Waals surface area contributed by atoms with E-state index in [4.69, 9.17) is 9.25 Å². The molecule has 8 heteroatoms. The number of hydrazone groups is 1. The fourth-order valence-electron chi connectivity index (χ4n) is 2.37. The molecule has 3 rings (SSSR count). The van der Waals surface area contributed by atoms with Crippen LogP contribution < -0.4 is 10.7 Å². The van der Waals surface area contributed by atoms with Crippen molar-refractivity contribution in [2.75, 3.05) is 11.9 Å². The van der Waals surface area contributed by atoms with Gasteiger partial charge in [0.1, 0.15) is 0 Å². The van der Waals surface area contributed by atoms with Crippen LogP contribution in [0.2, 0.25) is 0 Å². The van der Waals surface area contributed by atoms with Crippen LogP contribution in [0.3, 0.4) is 0 Å². The molecule has 0 saturated heterocycles. The summed E-state index contributed by atoms with van der Waals surface area (Å²) in [4.78, 5) is 28.7. The van der Waals surface area contributed by atoms with Gasteiger partial charge in [-0.1, -0.05) is 47.6 Å². The second kappa shape index (κ2) is 10.4. The van der Waals surface area contributed by atoms with Gasteiger partial charge in [0.25, 0.3) is 11.8 Å². The molecule has 0 aliphatic carbocycles. The van der Waals surface area contributed by atoms with Crippen molar-refractivity contribution in [2.24, 2.45) is 10.3 Å². The van der Waals surface area contributed by atoms with Gasteiger partial charge in [-0.15, -0.1) is 0 Å². The van der Waals surface area contributed by atoms with Crippen LogP contribution in [0.25, 0.3) is 0 Å². The lowest BCUT2D eigenvalue weighted by atomic mass is 10.1. The summed E-state index contributed by atoms with van der Waals surface area (Å²) < 4.78 is 5.05. The molecule has 0 radical (unpaired) electrons. The lowest BCUT2D eigenvalue weighted by Crippen LogP contribution is -2.23. The van der Waals surface area contributed by atoms with E-state index in [1.807, 2.05) is 30.3 Å². The summed E-state index contributed by atoms with van der Waals surface area (Å²) in [5, 5.41) is 10.5.